The number of hydrogen-bond acceptors (Lipinski definition) is 3. The van der Waals surface area contributed by atoms with Gasteiger partial charge in [-0.15, -0.1) is 0 Å². The van der Waals surface area contributed by atoms with Crippen LogP contribution in [0.5, 0.6) is 0 Å². The van der Waals surface area contributed by atoms with E-state index in [0.717, 1.165) is 71.7 Å². The highest BCUT2D eigenvalue weighted by Gasteiger charge is 2.25. The highest BCUT2D eigenvalue weighted by Crippen LogP contribution is 2.45. The Hall–Kier alpha value is -8.41. The predicted octanol–water partition coefficient (Wildman–Crippen LogP) is 14.4. The SMILES string of the molecule is c1ccc(-c2ccc(-c3ccccc3)c(-c3ccccc3-n3c4ccccc4c4ccc5c6ccccc6n(-c6nc(-c7ccccc7)nc(-c7ccccc7)n6)c5c43)c2)cc1. The molecule has 0 unspecified atom stereocenters. The minimum absolute atomic E-state index is 0.559. The van der Waals surface area contributed by atoms with Crippen LogP contribution in [0, 0.1) is 0 Å². The van der Waals surface area contributed by atoms with Crippen LogP contribution in [-0.2, 0) is 0 Å². The monoisotopic (exact) mass is 791 g/mol. The lowest BCUT2D eigenvalue weighted by Gasteiger charge is -2.19. The third kappa shape index (κ3) is 5.82. The van der Waals surface area contributed by atoms with Gasteiger partial charge in [0, 0.05) is 38.2 Å². The first-order chi connectivity index (χ1) is 30.8. The molecular weight excluding hydrogens is 755 g/mol. The molecular formula is C57H37N5. The Balaban J connectivity index is 1.21. The van der Waals surface area contributed by atoms with E-state index in [1.165, 1.54) is 22.1 Å². The number of benzene rings is 9. The molecule has 62 heavy (non-hydrogen) atoms. The minimum Gasteiger partial charge on any atom is -0.307 e. The molecule has 3 heterocycles. The summed E-state index contributed by atoms with van der Waals surface area (Å²) >= 11 is 0. The predicted molar refractivity (Wildman–Crippen MR) is 256 cm³/mol. The van der Waals surface area contributed by atoms with Crippen molar-refractivity contribution in [3.05, 3.63) is 224 Å². The summed E-state index contributed by atoms with van der Waals surface area (Å²) in [6.07, 6.45) is 0. The smallest absolute Gasteiger partial charge is 0.238 e. The van der Waals surface area contributed by atoms with Gasteiger partial charge in [-0.05, 0) is 52.1 Å². The summed E-state index contributed by atoms with van der Waals surface area (Å²) in [4.78, 5) is 15.7. The van der Waals surface area contributed by atoms with E-state index in [1.807, 2.05) is 36.4 Å². The summed E-state index contributed by atoms with van der Waals surface area (Å²) in [7, 11) is 0. The standard InChI is InChI=1S/C57H37N5/c1-5-19-38(20-6-1)42-33-34-43(39-21-7-2-8-22-39)49(37-42)46-29-15-17-31-51(46)61-50-30-16-13-27-44(50)47-35-36-48-45-28-14-18-32-52(45)62(54(48)53(47)61)57-59-55(40-23-9-3-10-24-40)58-56(60-57)41-25-11-4-12-26-41/h1-37H. The van der Waals surface area contributed by atoms with E-state index < -0.39 is 0 Å². The van der Waals surface area contributed by atoms with Crippen molar-refractivity contribution >= 4 is 43.6 Å². The van der Waals surface area contributed by atoms with E-state index in [-0.39, 0.29) is 0 Å². The zero-order valence-electron chi connectivity index (χ0n) is 33.6. The molecule has 290 valence electrons. The van der Waals surface area contributed by atoms with E-state index in [2.05, 4.69) is 197 Å². The van der Waals surface area contributed by atoms with Crippen LogP contribution in [0.15, 0.2) is 224 Å². The van der Waals surface area contributed by atoms with E-state index in [0.29, 0.717) is 17.6 Å². The topological polar surface area (TPSA) is 48.5 Å². The normalized spacial score (nSPS) is 11.5. The molecule has 0 aliphatic carbocycles. The molecule has 9 aromatic carbocycles. The first-order valence-corrected chi connectivity index (χ1v) is 21.0. The summed E-state index contributed by atoms with van der Waals surface area (Å²) in [5.74, 6) is 1.79. The second-order valence-corrected chi connectivity index (χ2v) is 15.6. The molecule has 0 aliphatic rings. The van der Waals surface area contributed by atoms with Crippen LogP contribution in [0.1, 0.15) is 0 Å². The second-order valence-electron chi connectivity index (χ2n) is 15.6. The van der Waals surface area contributed by atoms with Gasteiger partial charge >= 0.3 is 0 Å². The quantitative estimate of drug-likeness (QED) is 0.162. The van der Waals surface area contributed by atoms with Gasteiger partial charge in [0.05, 0.1) is 27.8 Å². The average molecular weight is 792 g/mol. The molecule has 0 aliphatic heterocycles. The fourth-order valence-corrected chi connectivity index (χ4v) is 9.20. The number of fused-ring (bicyclic) bond motifs is 7. The van der Waals surface area contributed by atoms with Crippen LogP contribution in [-0.4, -0.2) is 24.1 Å². The molecule has 0 radical (unpaired) electrons. The Morgan fingerprint density at radius 3 is 1.34 bits per heavy atom. The molecule has 0 saturated carbocycles. The molecule has 0 amide bonds. The number of rotatable bonds is 7. The zero-order chi connectivity index (χ0) is 41.0. The van der Waals surface area contributed by atoms with E-state index in [1.54, 1.807) is 0 Å². The van der Waals surface area contributed by atoms with E-state index >= 15 is 0 Å². The molecule has 5 heteroatoms. The van der Waals surface area contributed by atoms with Crippen LogP contribution in [0.25, 0.3) is 111 Å². The van der Waals surface area contributed by atoms with Crippen molar-refractivity contribution in [2.75, 3.05) is 0 Å². The third-order valence-corrected chi connectivity index (χ3v) is 12.0. The van der Waals surface area contributed by atoms with Gasteiger partial charge in [-0.25, -0.2) is 4.98 Å². The number of aromatic nitrogens is 5. The molecule has 3 aromatic heterocycles. The zero-order valence-corrected chi connectivity index (χ0v) is 33.6. The van der Waals surface area contributed by atoms with Crippen LogP contribution in [0.4, 0.5) is 0 Å². The van der Waals surface area contributed by atoms with Crippen LogP contribution < -0.4 is 0 Å². The lowest BCUT2D eigenvalue weighted by Crippen LogP contribution is -2.07. The number of hydrogen-bond donors (Lipinski definition) is 0. The van der Waals surface area contributed by atoms with E-state index in [4.69, 9.17) is 15.0 Å². The van der Waals surface area contributed by atoms with Crippen molar-refractivity contribution < 1.29 is 0 Å². The maximum Gasteiger partial charge on any atom is 0.238 e. The van der Waals surface area contributed by atoms with Crippen LogP contribution >= 0.6 is 0 Å². The largest absolute Gasteiger partial charge is 0.307 e. The molecule has 5 nitrogen and oxygen atoms in total. The van der Waals surface area contributed by atoms with Crippen molar-refractivity contribution in [1.82, 2.24) is 24.1 Å². The maximum absolute atomic E-state index is 5.32. The molecule has 0 fully saturated rings. The fraction of sp³-hybridized carbons (Fsp3) is 0. The van der Waals surface area contributed by atoms with Crippen molar-refractivity contribution in [1.29, 1.82) is 0 Å². The maximum atomic E-state index is 5.32. The van der Waals surface area contributed by atoms with Crippen LogP contribution in [0.3, 0.4) is 0 Å². The van der Waals surface area contributed by atoms with Crippen molar-refractivity contribution in [3.8, 4) is 67.8 Å². The van der Waals surface area contributed by atoms with Gasteiger partial charge in [-0.2, -0.15) is 9.97 Å². The highest BCUT2D eigenvalue weighted by atomic mass is 15.2. The molecule has 0 N–H and O–H groups in total. The Morgan fingerprint density at radius 1 is 0.274 bits per heavy atom. The summed E-state index contributed by atoms with van der Waals surface area (Å²) < 4.78 is 4.73. The first-order valence-electron chi connectivity index (χ1n) is 21.0. The molecule has 0 bridgehead atoms. The lowest BCUT2D eigenvalue weighted by molar-refractivity contribution is 0.953. The number of para-hydroxylation sites is 3. The van der Waals surface area contributed by atoms with Gasteiger partial charge < -0.3 is 4.57 Å². The first kappa shape index (κ1) is 35.5. The minimum atomic E-state index is 0.559. The number of nitrogens with zero attached hydrogens (tertiary/aromatic N) is 5. The van der Waals surface area contributed by atoms with Gasteiger partial charge in [0.2, 0.25) is 5.95 Å². The highest BCUT2D eigenvalue weighted by molar-refractivity contribution is 6.24. The Labute approximate surface area is 358 Å². The summed E-state index contributed by atoms with van der Waals surface area (Å²) in [5, 5.41) is 4.56. The molecule has 0 saturated heterocycles. The molecule has 12 aromatic rings. The van der Waals surface area contributed by atoms with Crippen molar-refractivity contribution in [2.24, 2.45) is 0 Å². The molecule has 0 atom stereocenters. The Morgan fingerprint density at radius 2 is 0.742 bits per heavy atom. The van der Waals surface area contributed by atoms with Gasteiger partial charge in [0.25, 0.3) is 0 Å². The van der Waals surface area contributed by atoms with Crippen molar-refractivity contribution in [2.45, 2.75) is 0 Å². The third-order valence-electron chi connectivity index (χ3n) is 12.0. The second kappa shape index (κ2) is 14.7. The van der Waals surface area contributed by atoms with E-state index in [9.17, 15) is 0 Å². The summed E-state index contributed by atoms with van der Waals surface area (Å²) in [5.41, 5.74) is 14.1. The van der Waals surface area contributed by atoms with Gasteiger partial charge in [0.15, 0.2) is 11.6 Å². The summed E-state index contributed by atoms with van der Waals surface area (Å²) in [6.45, 7) is 0. The van der Waals surface area contributed by atoms with Gasteiger partial charge in [-0.3, -0.25) is 4.57 Å². The molecule has 0 spiro atoms. The Bertz CT molecular complexity index is 3550. The van der Waals surface area contributed by atoms with Gasteiger partial charge in [-0.1, -0.05) is 200 Å². The Kier molecular flexibility index (Phi) is 8.42. The van der Waals surface area contributed by atoms with Crippen LogP contribution in [0.2, 0.25) is 0 Å². The molecule has 12 rings (SSSR count). The fourth-order valence-electron chi connectivity index (χ4n) is 9.20. The lowest BCUT2D eigenvalue weighted by atomic mass is 9.90. The summed E-state index contributed by atoms with van der Waals surface area (Å²) in [6, 6.07) is 79.4. The van der Waals surface area contributed by atoms with Gasteiger partial charge in [0.1, 0.15) is 0 Å². The van der Waals surface area contributed by atoms with Crippen molar-refractivity contribution in [3.63, 3.8) is 0 Å². The average Bonchev–Trinajstić information content (AvgIpc) is 3.88.